The summed E-state index contributed by atoms with van der Waals surface area (Å²) in [5, 5.41) is 6.08. The van der Waals surface area contributed by atoms with Crippen molar-refractivity contribution >= 4 is 49.6 Å². The molecule has 0 bridgehead atoms. The van der Waals surface area contributed by atoms with Crippen molar-refractivity contribution in [1.29, 1.82) is 0 Å². The molecule has 0 saturated heterocycles. The SMILES string of the molecule is c1ccc(-c2c(-c3cccc(-c4ccc(N(c5ccccc5)c5cc6ccccc6c6ccccc56)cc4)c3)oc3ccccc23)cc1. The Morgan fingerprint density at radius 1 is 0.354 bits per heavy atom. The molecule has 0 unspecified atom stereocenters. The smallest absolute Gasteiger partial charge is 0.143 e. The highest BCUT2D eigenvalue weighted by molar-refractivity contribution is 6.14. The Morgan fingerprint density at radius 3 is 1.73 bits per heavy atom. The minimum atomic E-state index is 0.888. The van der Waals surface area contributed by atoms with E-state index in [9.17, 15) is 0 Å². The second-order valence-electron chi connectivity index (χ2n) is 12.1. The maximum absolute atomic E-state index is 6.54. The molecule has 0 atom stereocenters. The molecule has 0 fully saturated rings. The van der Waals surface area contributed by atoms with Crippen molar-refractivity contribution < 1.29 is 4.42 Å². The largest absolute Gasteiger partial charge is 0.455 e. The van der Waals surface area contributed by atoms with Gasteiger partial charge in [0.25, 0.3) is 0 Å². The van der Waals surface area contributed by atoms with Gasteiger partial charge in [0.05, 0.1) is 5.69 Å². The van der Waals surface area contributed by atoms with Crippen LogP contribution in [0.5, 0.6) is 0 Å². The van der Waals surface area contributed by atoms with Gasteiger partial charge >= 0.3 is 0 Å². The van der Waals surface area contributed by atoms with Gasteiger partial charge in [-0.2, -0.15) is 0 Å². The van der Waals surface area contributed by atoms with Crippen molar-refractivity contribution in [2.24, 2.45) is 0 Å². The molecule has 0 aliphatic rings. The Labute approximate surface area is 279 Å². The number of furan rings is 1. The Morgan fingerprint density at radius 2 is 0.938 bits per heavy atom. The van der Waals surface area contributed by atoms with Crippen LogP contribution in [0, 0.1) is 0 Å². The van der Waals surface area contributed by atoms with Crippen LogP contribution < -0.4 is 4.90 Å². The third kappa shape index (κ3) is 4.83. The van der Waals surface area contributed by atoms with E-state index in [1.807, 2.05) is 12.1 Å². The Kier molecular flexibility index (Phi) is 6.84. The third-order valence-corrected chi connectivity index (χ3v) is 9.24. The van der Waals surface area contributed by atoms with E-state index in [1.165, 1.54) is 21.5 Å². The molecule has 0 amide bonds. The molecule has 0 radical (unpaired) electrons. The van der Waals surface area contributed by atoms with E-state index >= 15 is 0 Å². The summed E-state index contributed by atoms with van der Waals surface area (Å²) in [6.07, 6.45) is 0. The number of fused-ring (bicyclic) bond motifs is 4. The highest BCUT2D eigenvalue weighted by Gasteiger charge is 2.19. The highest BCUT2D eigenvalue weighted by atomic mass is 16.3. The molecule has 0 aliphatic heterocycles. The fraction of sp³-hybridized carbons (Fsp3) is 0. The van der Waals surface area contributed by atoms with Crippen molar-refractivity contribution in [1.82, 2.24) is 0 Å². The van der Waals surface area contributed by atoms with Crippen LogP contribution in [0.4, 0.5) is 17.1 Å². The second-order valence-corrected chi connectivity index (χ2v) is 12.1. The van der Waals surface area contributed by atoms with Crippen LogP contribution in [0.15, 0.2) is 192 Å². The molecule has 2 heteroatoms. The number of hydrogen-bond donors (Lipinski definition) is 0. The molecule has 1 aromatic heterocycles. The molecule has 0 spiro atoms. The zero-order valence-corrected chi connectivity index (χ0v) is 26.3. The van der Waals surface area contributed by atoms with Gasteiger partial charge in [-0.25, -0.2) is 0 Å². The standard InChI is InChI=1S/C46H31NO/c1-3-14-33(15-4-1)45-42-24-11-12-25-44(42)48-46(45)36-18-13-17-34(30-36)32-26-28-38(29-27-32)47(37-19-5-2-6-20-37)43-31-35-16-7-8-21-39(35)40-22-9-10-23-41(40)43/h1-31H. The van der Waals surface area contributed by atoms with Gasteiger partial charge in [0.15, 0.2) is 0 Å². The molecule has 8 aromatic carbocycles. The summed E-state index contributed by atoms with van der Waals surface area (Å²) in [6, 6.07) is 66.7. The number of rotatable bonds is 6. The van der Waals surface area contributed by atoms with E-state index in [0.29, 0.717) is 0 Å². The van der Waals surface area contributed by atoms with Crippen molar-refractivity contribution in [2.75, 3.05) is 4.90 Å². The van der Waals surface area contributed by atoms with Crippen molar-refractivity contribution in [3.8, 4) is 33.6 Å². The molecule has 0 N–H and O–H groups in total. The maximum atomic E-state index is 6.54. The normalized spacial score (nSPS) is 11.3. The van der Waals surface area contributed by atoms with Crippen molar-refractivity contribution in [2.45, 2.75) is 0 Å². The average molecular weight is 614 g/mol. The molecule has 2 nitrogen and oxygen atoms in total. The molecule has 1 heterocycles. The van der Waals surface area contributed by atoms with E-state index in [2.05, 4.69) is 181 Å². The molecular formula is C46H31NO. The lowest BCUT2D eigenvalue weighted by atomic mass is 9.96. The van der Waals surface area contributed by atoms with Crippen LogP contribution in [0.1, 0.15) is 0 Å². The summed E-state index contributed by atoms with van der Waals surface area (Å²) in [7, 11) is 0. The summed E-state index contributed by atoms with van der Waals surface area (Å²) in [5.41, 5.74) is 9.88. The summed E-state index contributed by atoms with van der Waals surface area (Å²) in [5.74, 6) is 0.888. The van der Waals surface area contributed by atoms with E-state index in [1.54, 1.807) is 0 Å². The van der Waals surface area contributed by atoms with E-state index < -0.39 is 0 Å². The number of anilines is 3. The van der Waals surface area contributed by atoms with Gasteiger partial charge in [-0.1, -0.05) is 146 Å². The minimum Gasteiger partial charge on any atom is -0.455 e. The molecular weight excluding hydrogens is 583 g/mol. The monoisotopic (exact) mass is 613 g/mol. The highest BCUT2D eigenvalue weighted by Crippen LogP contribution is 2.44. The van der Waals surface area contributed by atoms with Crippen LogP contribution in [-0.4, -0.2) is 0 Å². The topological polar surface area (TPSA) is 16.4 Å². The van der Waals surface area contributed by atoms with Crippen molar-refractivity contribution in [3.05, 3.63) is 188 Å². The van der Waals surface area contributed by atoms with Gasteiger partial charge in [0.2, 0.25) is 0 Å². The van der Waals surface area contributed by atoms with Crippen LogP contribution in [-0.2, 0) is 0 Å². The maximum Gasteiger partial charge on any atom is 0.143 e. The minimum absolute atomic E-state index is 0.888. The van der Waals surface area contributed by atoms with Gasteiger partial charge in [-0.05, 0) is 75.3 Å². The van der Waals surface area contributed by atoms with Crippen molar-refractivity contribution in [3.63, 3.8) is 0 Å². The molecule has 9 rings (SSSR count). The van der Waals surface area contributed by atoms with Gasteiger partial charge in [0, 0.05) is 33.3 Å². The summed E-state index contributed by atoms with van der Waals surface area (Å²) in [4.78, 5) is 2.37. The summed E-state index contributed by atoms with van der Waals surface area (Å²) >= 11 is 0. The molecule has 226 valence electrons. The van der Waals surface area contributed by atoms with Gasteiger partial charge < -0.3 is 9.32 Å². The number of hydrogen-bond acceptors (Lipinski definition) is 2. The van der Waals surface area contributed by atoms with Crippen LogP contribution in [0.2, 0.25) is 0 Å². The number of nitrogens with zero attached hydrogens (tertiary/aromatic N) is 1. The fourth-order valence-electron chi connectivity index (χ4n) is 7.01. The average Bonchev–Trinajstić information content (AvgIpc) is 3.56. The van der Waals surface area contributed by atoms with Gasteiger partial charge in [-0.15, -0.1) is 0 Å². The lowest BCUT2D eigenvalue weighted by Gasteiger charge is -2.27. The van der Waals surface area contributed by atoms with Crippen LogP contribution >= 0.6 is 0 Å². The molecule has 0 aliphatic carbocycles. The summed E-state index contributed by atoms with van der Waals surface area (Å²) in [6.45, 7) is 0. The molecule has 9 aromatic rings. The predicted octanol–water partition coefficient (Wildman–Crippen LogP) is 13.2. The Balaban J connectivity index is 1.15. The lowest BCUT2D eigenvalue weighted by Crippen LogP contribution is -2.10. The quantitative estimate of drug-likeness (QED) is 0.174. The first-order valence-electron chi connectivity index (χ1n) is 16.4. The van der Waals surface area contributed by atoms with E-state index in [0.717, 1.165) is 61.6 Å². The summed E-state index contributed by atoms with van der Waals surface area (Å²) < 4.78 is 6.54. The first-order valence-corrected chi connectivity index (χ1v) is 16.4. The predicted molar refractivity (Wildman–Crippen MR) is 202 cm³/mol. The first-order chi connectivity index (χ1) is 23.8. The van der Waals surface area contributed by atoms with Crippen LogP contribution in [0.25, 0.3) is 66.1 Å². The molecule has 48 heavy (non-hydrogen) atoms. The third-order valence-electron chi connectivity index (χ3n) is 9.24. The number of benzene rings is 8. The zero-order chi connectivity index (χ0) is 31.9. The van der Waals surface area contributed by atoms with Crippen LogP contribution in [0.3, 0.4) is 0 Å². The zero-order valence-electron chi connectivity index (χ0n) is 26.3. The van der Waals surface area contributed by atoms with E-state index in [4.69, 9.17) is 4.42 Å². The fourth-order valence-corrected chi connectivity index (χ4v) is 7.01. The molecule has 0 saturated carbocycles. The van der Waals surface area contributed by atoms with E-state index in [-0.39, 0.29) is 0 Å². The number of para-hydroxylation sites is 2. The van der Waals surface area contributed by atoms with Gasteiger partial charge in [-0.3, -0.25) is 0 Å². The Bertz CT molecular complexity index is 2550. The van der Waals surface area contributed by atoms with Gasteiger partial charge in [0.1, 0.15) is 11.3 Å². The second kappa shape index (κ2) is 11.8. The lowest BCUT2D eigenvalue weighted by molar-refractivity contribution is 0.632. The first kappa shape index (κ1) is 27.9. The Hall–Kier alpha value is -6.38.